The van der Waals surface area contributed by atoms with Crippen LogP contribution < -0.4 is 5.73 Å². The minimum Gasteiger partial charge on any atom is -0.392 e. The fraction of sp³-hybridized carbons (Fsp3) is 0.250. The second-order valence-electron chi connectivity index (χ2n) is 6.33. The molecule has 3 nitrogen and oxygen atoms in total. The summed E-state index contributed by atoms with van der Waals surface area (Å²) < 4.78 is 28.1. The van der Waals surface area contributed by atoms with Crippen LogP contribution >= 0.6 is 12.2 Å². The summed E-state index contributed by atoms with van der Waals surface area (Å²) in [5, 5.41) is 10.3. The maximum atomic E-state index is 13.0. The number of nitrogens with two attached hydrogens (primary N) is 1. The first-order valence-corrected chi connectivity index (χ1v) is 8.74. The molecule has 0 bridgehead atoms. The van der Waals surface area contributed by atoms with Gasteiger partial charge in [0.05, 0.1) is 25.5 Å². The molecule has 0 aliphatic rings. The highest BCUT2D eigenvalue weighted by Crippen LogP contribution is 2.28. The van der Waals surface area contributed by atoms with Crippen LogP contribution in [0.4, 0.5) is 8.78 Å². The van der Waals surface area contributed by atoms with Crippen molar-refractivity contribution in [3.05, 3.63) is 65.4 Å². The zero-order valence-corrected chi connectivity index (χ0v) is 15.0. The molecule has 0 fully saturated rings. The predicted octanol–water partition coefficient (Wildman–Crippen LogP) is 3.85. The van der Waals surface area contributed by atoms with Crippen molar-refractivity contribution in [1.29, 1.82) is 0 Å². The Morgan fingerprint density at radius 2 is 1.92 bits per heavy atom. The minimum absolute atomic E-state index is 0.0901. The summed E-state index contributed by atoms with van der Waals surface area (Å²) in [6.07, 6.45) is 2.18. The van der Waals surface area contributed by atoms with Gasteiger partial charge in [-0.3, -0.25) is 8.78 Å². The minimum atomic E-state index is -0.709. The smallest absolute Gasteiger partial charge is 0.104 e. The SMILES string of the molecule is NC(=S)c1cccc(-n2cc(CC(CF)CF)c3cc(CO)ccc32)c1. The third kappa shape index (κ3) is 3.61. The summed E-state index contributed by atoms with van der Waals surface area (Å²) in [5.41, 5.74) is 9.84. The van der Waals surface area contributed by atoms with Crippen molar-refractivity contribution in [3.8, 4) is 5.69 Å². The number of thiocarbonyl (C=S) groups is 1. The van der Waals surface area contributed by atoms with Crippen LogP contribution in [0.1, 0.15) is 16.7 Å². The Morgan fingerprint density at radius 3 is 2.58 bits per heavy atom. The molecule has 0 atom stereocenters. The molecule has 0 radical (unpaired) electrons. The second kappa shape index (κ2) is 7.93. The van der Waals surface area contributed by atoms with E-state index < -0.39 is 19.3 Å². The molecule has 0 aliphatic carbocycles. The van der Waals surface area contributed by atoms with Crippen molar-refractivity contribution in [1.82, 2.24) is 4.57 Å². The summed E-state index contributed by atoms with van der Waals surface area (Å²) in [6.45, 7) is -1.51. The Balaban J connectivity index is 2.16. The average molecular weight is 374 g/mol. The molecule has 0 saturated carbocycles. The molecule has 0 aliphatic heterocycles. The van der Waals surface area contributed by atoms with E-state index in [1.807, 2.05) is 53.2 Å². The number of aromatic nitrogens is 1. The average Bonchev–Trinajstić information content (AvgIpc) is 3.03. The second-order valence-corrected chi connectivity index (χ2v) is 6.77. The monoisotopic (exact) mass is 374 g/mol. The first-order chi connectivity index (χ1) is 12.6. The Labute approximate surface area is 156 Å². The number of rotatable bonds is 7. The Kier molecular flexibility index (Phi) is 5.64. The number of nitrogens with zero attached hydrogens (tertiary/aromatic N) is 1. The van der Waals surface area contributed by atoms with Crippen LogP contribution in [0.2, 0.25) is 0 Å². The Hall–Kier alpha value is -2.31. The highest BCUT2D eigenvalue weighted by Gasteiger charge is 2.16. The number of aliphatic hydroxyl groups is 1. The highest BCUT2D eigenvalue weighted by molar-refractivity contribution is 7.80. The van der Waals surface area contributed by atoms with Gasteiger partial charge in [0.1, 0.15) is 4.99 Å². The molecule has 0 unspecified atom stereocenters. The van der Waals surface area contributed by atoms with E-state index in [0.717, 1.165) is 33.3 Å². The molecular weight excluding hydrogens is 354 g/mol. The summed E-state index contributed by atoms with van der Waals surface area (Å²) in [5.74, 6) is -0.671. The van der Waals surface area contributed by atoms with Gasteiger partial charge in [-0.25, -0.2) is 0 Å². The summed E-state index contributed by atoms with van der Waals surface area (Å²) in [6, 6.07) is 13.1. The maximum absolute atomic E-state index is 13.0. The van der Waals surface area contributed by atoms with Gasteiger partial charge in [-0.2, -0.15) is 0 Å². The fourth-order valence-corrected chi connectivity index (χ4v) is 3.22. The van der Waals surface area contributed by atoms with E-state index in [1.54, 1.807) is 0 Å². The summed E-state index contributed by atoms with van der Waals surface area (Å²) >= 11 is 5.05. The van der Waals surface area contributed by atoms with E-state index in [9.17, 15) is 13.9 Å². The quantitative estimate of drug-likeness (QED) is 0.618. The van der Waals surface area contributed by atoms with Crippen LogP contribution in [0.3, 0.4) is 0 Å². The van der Waals surface area contributed by atoms with Gasteiger partial charge in [-0.15, -0.1) is 0 Å². The van der Waals surface area contributed by atoms with Crippen LogP contribution in [0, 0.1) is 5.92 Å². The molecule has 3 rings (SSSR count). The first kappa shape index (κ1) is 18.5. The lowest BCUT2D eigenvalue weighted by atomic mass is 10.0. The first-order valence-electron chi connectivity index (χ1n) is 8.33. The number of hydrogen-bond acceptors (Lipinski definition) is 2. The van der Waals surface area contributed by atoms with E-state index >= 15 is 0 Å². The van der Waals surface area contributed by atoms with Crippen LogP contribution in [0.5, 0.6) is 0 Å². The van der Waals surface area contributed by atoms with Gasteiger partial charge in [0.15, 0.2) is 0 Å². The molecule has 1 aromatic heterocycles. The summed E-state index contributed by atoms with van der Waals surface area (Å²) in [4.78, 5) is 0.307. The van der Waals surface area contributed by atoms with E-state index in [4.69, 9.17) is 18.0 Å². The van der Waals surface area contributed by atoms with Crippen molar-refractivity contribution < 1.29 is 13.9 Å². The number of halogens is 2. The molecule has 3 aromatic rings. The number of alkyl halides is 2. The lowest BCUT2D eigenvalue weighted by Crippen LogP contribution is -2.10. The van der Waals surface area contributed by atoms with Crippen molar-refractivity contribution in [3.63, 3.8) is 0 Å². The van der Waals surface area contributed by atoms with E-state index in [-0.39, 0.29) is 6.61 Å². The zero-order chi connectivity index (χ0) is 18.7. The van der Waals surface area contributed by atoms with E-state index in [2.05, 4.69) is 0 Å². The normalized spacial score (nSPS) is 11.4. The molecule has 136 valence electrons. The molecule has 0 amide bonds. The lowest BCUT2D eigenvalue weighted by Gasteiger charge is -2.08. The molecular formula is C20H20F2N2OS. The van der Waals surface area contributed by atoms with Gasteiger partial charge in [0, 0.05) is 28.8 Å². The number of hydrogen-bond donors (Lipinski definition) is 2. The molecule has 3 N–H and O–H groups in total. The molecule has 6 heteroatoms. The Bertz CT molecular complexity index is 935. The third-order valence-electron chi connectivity index (χ3n) is 4.49. The highest BCUT2D eigenvalue weighted by atomic mass is 32.1. The van der Waals surface area contributed by atoms with Gasteiger partial charge < -0.3 is 15.4 Å². The summed E-state index contributed by atoms with van der Waals surface area (Å²) in [7, 11) is 0. The largest absolute Gasteiger partial charge is 0.392 e. The lowest BCUT2D eigenvalue weighted by molar-refractivity contribution is 0.282. The van der Waals surface area contributed by atoms with E-state index in [0.29, 0.717) is 11.4 Å². The van der Waals surface area contributed by atoms with Gasteiger partial charge in [-0.1, -0.05) is 30.4 Å². The van der Waals surface area contributed by atoms with Crippen LogP contribution in [0.15, 0.2) is 48.7 Å². The van der Waals surface area contributed by atoms with Crippen molar-refractivity contribution in [2.45, 2.75) is 13.0 Å². The molecule has 1 heterocycles. The molecule has 26 heavy (non-hydrogen) atoms. The number of fused-ring (bicyclic) bond motifs is 1. The third-order valence-corrected chi connectivity index (χ3v) is 4.72. The maximum Gasteiger partial charge on any atom is 0.104 e. The van der Waals surface area contributed by atoms with Gasteiger partial charge in [-0.05, 0) is 41.8 Å². The molecule has 0 spiro atoms. The Morgan fingerprint density at radius 1 is 1.15 bits per heavy atom. The zero-order valence-electron chi connectivity index (χ0n) is 14.2. The van der Waals surface area contributed by atoms with Crippen molar-refractivity contribution in [2.24, 2.45) is 11.7 Å². The topological polar surface area (TPSA) is 51.2 Å². The van der Waals surface area contributed by atoms with Gasteiger partial charge >= 0.3 is 0 Å². The van der Waals surface area contributed by atoms with Crippen LogP contribution in [-0.2, 0) is 13.0 Å². The van der Waals surface area contributed by atoms with Crippen molar-refractivity contribution in [2.75, 3.05) is 13.3 Å². The fourth-order valence-electron chi connectivity index (χ4n) is 3.09. The standard InChI is InChI=1S/C20H20F2N2OS/c21-9-14(10-22)6-16-11-24(17-3-1-2-15(8-17)20(23)26)19-5-4-13(12-25)7-18(16)19/h1-5,7-8,11,14,25H,6,9-10,12H2,(H2,23,26). The van der Waals surface area contributed by atoms with Gasteiger partial charge in [0.25, 0.3) is 0 Å². The van der Waals surface area contributed by atoms with Crippen molar-refractivity contribution >= 4 is 28.1 Å². The number of benzene rings is 2. The predicted molar refractivity (Wildman–Crippen MR) is 104 cm³/mol. The van der Waals surface area contributed by atoms with E-state index in [1.165, 1.54) is 0 Å². The number of aliphatic hydroxyl groups excluding tert-OH is 1. The molecule has 2 aromatic carbocycles. The molecule has 0 saturated heterocycles. The van der Waals surface area contributed by atoms with Gasteiger partial charge in [0.2, 0.25) is 0 Å². The van der Waals surface area contributed by atoms with Crippen LogP contribution in [0.25, 0.3) is 16.6 Å². The van der Waals surface area contributed by atoms with Crippen LogP contribution in [-0.4, -0.2) is 28.0 Å².